The molecule has 1 aliphatic rings. The molecule has 1 saturated carbocycles. The molecule has 0 aromatic rings. The number of carbonyl (C=O) groups excluding carboxylic acids is 1. The number of carboxylic acid groups (broad SMARTS) is 1. The van der Waals surface area contributed by atoms with E-state index < -0.39 is 5.97 Å². The van der Waals surface area contributed by atoms with Crippen molar-refractivity contribution in [1.29, 1.82) is 0 Å². The predicted octanol–water partition coefficient (Wildman–Crippen LogP) is 1.63. The van der Waals surface area contributed by atoms with Crippen LogP contribution in [0.4, 0.5) is 4.79 Å². The molecule has 5 nitrogen and oxygen atoms in total. The second-order valence-corrected chi connectivity index (χ2v) is 5.15. The maximum absolute atomic E-state index is 12.1. The first-order valence-corrected chi connectivity index (χ1v) is 6.15. The van der Waals surface area contributed by atoms with Gasteiger partial charge in [-0.05, 0) is 25.2 Å². The monoisotopic (exact) mass is 242 g/mol. The van der Waals surface area contributed by atoms with Gasteiger partial charge in [0, 0.05) is 19.6 Å². The van der Waals surface area contributed by atoms with Crippen LogP contribution in [0, 0.1) is 5.92 Å². The van der Waals surface area contributed by atoms with Crippen molar-refractivity contribution in [1.82, 2.24) is 9.80 Å². The molecule has 2 amide bonds. The fourth-order valence-electron chi connectivity index (χ4n) is 1.97. The molecule has 0 atom stereocenters. The Hall–Kier alpha value is -1.26. The van der Waals surface area contributed by atoms with Crippen LogP contribution in [-0.2, 0) is 4.79 Å². The number of hydrogen-bond donors (Lipinski definition) is 1. The molecule has 0 radical (unpaired) electrons. The average molecular weight is 242 g/mol. The van der Waals surface area contributed by atoms with Crippen LogP contribution in [0.5, 0.6) is 0 Å². The van der Waals surface area contributed by atoms with Gasteiger partial charge in [0.15, 0.2) is 0 Å². The Balaban J connectivity index is 2.59. The molecule has 0 heterocycles. The van der Waals surface area contributed by atoms with Crippen molar-refractivity contribution >= 4 is 12.0 Å². The third-order valence-corrected chi connectivity index (χ3v) is 3.11. The van der Waals surface area contributed by atoms with E-state index >= 15 is 0 Å². The highest BCUT2D eigenvalue weighted by Gasteiger charge is 2.29. The van der Waals surface area contributed by atoms with Crippen LogP contribution in [0.25, 0.3) is 0 Å². The highest BCUT2D eigenvalue weighted by Crippen LogP contribution is 2.24. The van der Waals surface area contributed by atoms with Gasteiger partial charge >= 0.3 is 12.0 Å². The lowest BCUT2D eigenvalue weighted by Gasteiger charge is -2.38. The highest BCUT2D eigenvalue weighted by molar-refractivity contribution is 5.80. The Morgan fingerprint density at radius 2 is 1.94 bits per heavy atom. The zero-order valence-corrected chi connectivity index (χ0v) is 10.8. The van der Waals surface area contributed by atoms with Gasteiger partial charge in [0.25, 0.3) is 0 Å². The van der Waals surface area contributed by atoms with Crippen LogP contribution >= 0.6 is 0 Å². The van der Waals surface area contributed by atoms with Crippen molar-refractivity contribution in [2.24, 2.45) is 5.92 Å². The normalized spacial score (nSPS) is 15.5. The number of amides is 2. The first-order chi connectivity index (χ1) is 7.91. The van der Waals surface area contributed by atoms with E-state index in [1.807, 2.05) is 13.8 Å². The summed E-state index contributed by atoms with van der Waals surface area (Å²) in [7, 11) is 1.77. The fraction of sp³-hybridized carbons (Fsp3) is 0.833. The number of aliphatic carboxylic acids is 1. The van der Waals surface area contributed by atoms with Crippen LogP contribution in [0.3, 0.4) is 0 Å². The molecule has 0 bridgehead atoms. The standard InChI is InChI=1S/C12H22N2O3/c1-9(2)7-14(8-11(15)16)12(17)13(3)10-5-4-6-10/h9-10H,4-8H2,1-3H3,(H,15,16). The molecule has 5 heteroatoms. The molecule has 0 spiro atoms. The zero-order valence-electron chi connectivity index (χ0n) is 10.8. The van der Waals surface area contributed by atoms with Gasteiger partial charge in [-0.15, -0.1) is 0 Å². The lowest BCUT2D eigenvalue weighted by atomic mass is 9.92. The van der Waals surface area contributed by atoms with Crippen LogP contribution in [-0.4, -0.2) is 53.1 Å². The average Bonchev–Trinajstić information content (AvgIpc) is 2.11. The molecule has 98 valence electrons. The molecule has 0 aliphatic heterocycles. The minimum Gasteiger partial charge on any atom is -0.480 e. The molecule has 1 aliphatic carbocycles. The van der Waals surface area contributed by atoms with Crippen molar-refractivity contribution < 1.29 is 14.7 Å². The minimum absolute atomic E-state index is 0.161. The molecular weight excluding hydrogens is 220 g/mol. The minimum atomic E-state index is -0.957. The van der Waals surface area contributed by atoms with E-state index in [0.29, 0.717) is 12.6 Å². The zero-order chi connectivity index (χ0) is 13.0. The molecule has 0 aromatic heterocycles. The number of rotatable bonds is 5. The summed E-state index contributed by atoms with van der Waals surface area (Å²) in [5.41, 5.74) is 0. The van der Waals surface area contributed by atoms with Crippen molar-refractivity contribution in [3.05, 3.63) is 0 Å². The van der Waals surface area contributed by atoms with E-state index in [2.05, 4.69) is 0 Å². The lowest BCUT2D eigenvalue weighted by Crippen LogP contribution is -2.50. The van der Waals surface area contributed by atoms with Crippen molar-refractivity contribution in [3.63, 3.8) is 0 Å². The van der Waals surface area contributed by atoms with Gasteiger partial charge in [-0.1, -0.05) is 13.8 Å². The number of urea groups is 1. The van der Waals surface area contributed by atoms with Gasteiger partial charge in [0.2, 0.25) is 0 Å². The number of carboxylic acids is 1. The van der Waals surface area contributed by atoms with Gasteiger partial charge in [0.05, 0.1) is 0 Å². The Labute approximate surface area is 102 Å². The summed E-state index contributed by atoms with van der Waals surface area (Å²) in [6.07, 6.45) is 3.22. The van der Waals surface area contributed by atoms with Crippen molar-refractivity contribution in [2.75, 3.05) is 20.1 Å². The van der Waals surface area contributed by atoms with Gasteiger partial charge in [-0.3, -0.25) is 4.79 Å². The molecule has 1 N–H and O–H groups in total. The smallest absolute Gasteiger partial charge is 0.323 e. The van der Waals surface area contributed by atoms with Gasteiger partial charge in [-0.2, -0.15) is 0 Å². The van der Waals surface area contributed by atoms with Gasteiger partial charge in [0.1, 0.15) is 6.54 Å². The largest absolute Gasteiger partial charge is 0.480 e. The topological polar surface area (TPSA) is 60.9 Å². The van der Waals surface area contributed by atoms with Crippen molar-refractivity contribution in [2.45, 2.75) is 39.2 Å². The molecule has 0 unspecified atom stereocenters. The van der Waals surface area contributed by atoms with E-state index in [9.17, 15) is 9.59 Å². The number of hydrogen-bond acceptors (Lipinski definition) is 2. The van der Waals surface area contributed by atoms with E-state index in [4.69, 9.17) is 5.11 Å². The van der Waals surface area contributed by atoms with E-state index in [0.717, 1.165) is 19.3 Å². The SMILES string of the molecule is CC(C)CN(CC(=O)O)C(=O)N(C)C1CCC1. The van der Waals surface area contributed by atoms with E-state index in [-0.39, 0.29) is 18.5 Å². The maximum Gasteiger partial charge on any atom is 0.323 e. The van der Waals surface area contributed by atoms with Crippen LogP contribution < -0.4 is 0 Å². The quantitative estimate of drug-likeness (QED) is 0.797. The first-order valence-electron chi connectivity index (χ1n) is 6.15. The highest BCUT2D eigenvalue weighted by atomic mass is 16.4. The summed E-state index contributed by atoms with van der Waals surface area (Å²) in [5, 5.41) is 8.82. The molecule has 0 saturated heterocycles. The third-order valence-electron chi connectivity index (χ3n) is 3.11. The Morgan fingerprint density at radius 3 is 2.29 bits per heavy atom. The second kappa shape index (κ2) is 5.89. The molecule has 1 fully saturated rings. The Morgan fingerprint density at radius 1 is 1.35 bits per heavy atom. The summed E-state index contributed by atoms with van der Waals surface area (Å²) in [5.74, 6) is -0.686. The summed E-state index contributed by atoms with van der Waals surface area (Å²) < 4.78 is 0. The fourth-order valence-corrected chi connectivity index (χ4v) is 1.97. The molecule has 17 heavy (non-hydrogen) atoms. The molecular formula is C12H22N2O3. The maximum atomic E-state index is 12.1. The summed E-state index contributed by atoms with van der Waals surface area (Å²) in [6.45, 7) is 4.23. The van der Waals surface area contributed by atoms with Gasteiger partial charge in [-0.25, -0.2) is 4.79 Å². The van der Waals surface area contributed by atoms with Crippen molar-refractivity contribution in [3.8, 4) is 0 Å². The number of carbonyl (C=O) groups is 2. The second-order valence-electron chi connectivity index (χ2n) is 5.15. The van der Waals surface area contributed by atoms with Crippen LogP contribution in [0.2, 0.25) is 0 Å². The van der Waals surface area contributed by atoms with Crippen LogP contribution in [0.1, 0.15) is 33.1 Å². The van der Waals surface area contributed by atoms with Gasteiger partial charge < -0.3 is 14.9 Å². The molecule has 1 rings (SSSR count). The molecule has 0 aromatic carbocycles. The summed E-state index contributed by atoms with van der Waals surface area (Å²) in [4.78, 5) is 26.0. The first kappa shape index (κ1) is 13.8. The lowest BCUT2D eigenvalue weighted by molar-refractivity contribution is -0.137. The van der Waals surface area contributed by atoms with E-state index in [1.165, 1.54) is 4.90 Å². The third kappa shape index (κ3) is 3.91. The van der Waals surface area contributed by atoms with E-state index in [1.54, 1.807) is 11.9 Å². The summed E-state index contributed by atoms with van der Waals surface area (Å²) in [6, 6.07) is 0.136. The predicted molar refractivity (Wildman–Crippen MR) is 64.8 cm³/mol. The number of nitrogens with zero attached hydrogens (tertiary/aromatic N) is 2. The Bertz CT molecular complexity index is 287. The van der Waals surface area contributed by atoms with Crippen LogP contribution in [0.15, 0.2) is 0 Å². The Kier molecular flexibility index (Phi) is 4.78. The summed E-state index contributed by atoms with van der Waals surface area (Å²) >= 11 is 0.